The maximum atomic E-state index is 11.8. The van der Waals surface area contributed by atoms with Gasteiger partial charge in [0.05, 0.1) is 0 Å². The molecule has 0 aliphatic carbocycles. The Morgan fingerprint density at radius 1 is 1.38 bits per heavy atom. The van der Waals surface area contributed by atoms with Crippen LogP contribution in [0.4, 0.5) is 0 Å². The van der Waals surface area contributed by atoms with Gasteiger partial charge in [-0.25, -0.2) is 0 Å². The quantitative estimate of drug-likeness (QED) is 0.630. The van der Waals surface area contributed by atoms with E-state index in [4.69, 9.17) is 0 Å². The molecular weight excluding hydrogens is 292 g/mol. The zero-order chi connectivity index (χ0) is 15.8. The van der Waals surface area contributed by atoms with Crippen molar-refractivity contribution in [3.05, 3.63) is 22.4 Å². The second-order valence-electron chi connectivity index (χ2n) is 4.77. The number of hydrogen-bond acceptors (Lipinski definition) is 5. The van der Waals surface area contributed by atoms with Crippen molar-refractivity contribution in [3.8, 4) is 0 Å². The predicted octanol–water partition coefficient (Wildman–Crippen LogP) is -0.00300. The number of nitrogens with one attached hydrogen (secondary N) is 1. The molecule has 0 fully saturated rings. The Labute approximate surface area is 128 Å². The lowest BCUT2D eigenvalue weighted by atomic mass is 10.1. The van der Waals surface area contributed by atoms with Crippen LogP contribution < -0.4 is 5.32 Å². The van der Waals surface area contributed by atoms with E-state index in [1.807, 2.05) is 24.4 Å². The maximum absolute atomic E-state index is 11.8. The molecule has 6 nitrogen and oxygen atoms in total. The molecule has 2 amide bonds. The molecule has 1 rings (SSSR count). The minimum Gasteiger partial charge on any atom is -0.380 e. The summed E-state index contributed by atoms with van der Waals surface area (Å²) in [6, 6.07) is 3.87. The summed E-state index contributed by atoms with van der Waals surface area (Å²) < 4.78 is 0. The van der Waals surface area contributed by atoms with Gasteiger partial charge in [0.1, 0.15) is 0 Å². The third kappa shape index (κ3) is 5.45. The smallest absolute Gasteiger partial charge is 0.254 e. The van der Waals surface area contributed by atoms with Crippen molar-refractivity contribution < 1.29 is 19.8 Å². The van der Waals surface area contributed by atoms with Gasteiger partial charge in [0, 0.05) is 25.0 Å². The van der Waals surface area contributed by atoms with E-state index in [1.54, 1.807) is 11.3 Å². The summed E-state index contributed by atoms with van der Waals surface area (Å²) in [5.41, 5.74) is 0. The Bertz CT molecular complexity index is 450. The van der Waals surface area contributed by atoms with Crippen LogP contribution in [0.1, 0.15) is 18.2 Å². The maximum Gasteiger partial charge on any atom is 0.254 e. The van der Waals surface area contributed by atoms with E-state index < -0.39 is 24.0 Å². The Hall–Kier alpha value is -1.44. The molecule has 0 saturated heterocycles. The van der Waals surface area contributed by atoms with Crippen LogP contribution >= 0.6 is 11.3 Å². The number of thiophene rings is 1. The number of likely N-dealkylation sites (N-methyl/N-ethyl adjacent to an activating group) is 1. The second-order valence-corrected chi connectivity index (χ2v) is 5.80. The molecule has 0 radical (unpaired) electrons. The highest BCUT2D eigenvalue weighted by Gasteiger charge is 2.31. The number of carbonyl (C=O) groups is 2. The number of hydrogen-bond donors (Lipinski definition) is 3. The van der Waals surface area contributed by atoms with Gasteiger partial charge in [-0.3, -0.25) is 9.59 Å². The fourth-order valence-corrected chi connectivity index (χ4v) is 2.53. The molecule has 0 bridgehead atoms. The fourth-order valence-electron chi connectivity index (χ4n) is 1.82. The number of nitrogens with zero attached hydrogens (tertiary/aromatic N) is 1. The van der Waals surface area contributed by atoms with Gasteiger partial charge in [0.15, 0.2) is 12.2 Å². The lowest BCUT2D eigenvalue weighted by molar-refractivity contribution is -0.152. The summed E-state index contributed by atoms with van der Waals surface area (Å²) in [5, 5.41) is 23.9. The van der Waals surface area contributed by atoms with E-state index in [2.05, 4.69) is 5.32 Å². The molecule has 2 atom stereocenters. The normalized spacial score (nSPS) is 13.5. The SMILES string of the molecule is CCCN(C)C(=O)C(O)C(O)C(=O)NCCc1cccs1. The predicted molar refractivity (Wildman–Crippen MR) is 81.0 cm³/mol. The summed E-state index contributed by atoms with van der Waals surface area (Å²) in [4.78, 5) is 25.9. The van der Waals surface area contributed by atoms with Gasteiger partial charge in [-0.15, -0.1) is 11.3 Å². The minimum atomic E-state index is -1.75. The molecule has 0 saturated carbocycles. The monoisotopic (exact) mass is 314 g/mol. The molecule has 7 heteroatoms. The van der Waals surface area contributed by atoms with Crippen molar-refractivity contribution in [2.24, 2.45) is 0 Å². The first-order valence-electron chi connectivity index (χ1n) is 6.88. The number of amides is 2. The Morgan fingerprint density at radius 3 is 2.67 bits per heavy atom. The van der Waals surface area contributed by atoms with E-state index in [1.165, 1.54) is 11.9 Å². The van der Waals surface area contributed by atoms with Crippen LogP contribution in [-0.4, -0.2) is 59.3 Å². The average Bonchev–Trinajstić information content (AvgIpc) is 2.98. The van der Waals surface area contributed by atoms with Crippen LogP contribution in [0.3, 0.4) is 0 Å². The molecule has 21 heavy (non-hydrogen) atoms. The van der Waals surface area contributed by atoms with Gasteiger partial charge in [0.2, 0.25) is 0 Å². The van der Waals surface area contributed by atoms with Gasteiger partial charge in [-0.05, 0) is 24.3 Å². The summed E-state index contributed by atoms with van der Waals surface area (Å²) in [6.45, 7) is 2.70. The zero-order valence-corrected chi connectivity index (χ0v) is 13.1. The van der Waals surface area contributed by atoms with Gasteiger partial charge in [0.25, 0.3) is 11.8 Å². The third-order valence-electron chi connectivity index (χ3n) is 3.01. The van der Waals surface area contributed by atoms with E-state index in [0.717, 1.165) is 11.3 Å². The summed E-state index contributed by atoms with van der Waals surface area (Å²) >= 11 is 1.58. The van der Waals surface area contributed by atoms with Crippen molar-refractivity contribution in [2.45, 2.75) is 32.0 Å². The number of aliphatic hydroxyl groups is 2. The number of aliphatic hydroxyl groups excluding tert-OH is 2. The molecule has 0 aromatic carbocycles. The van der Waals surface area contributed by atoms with Crippen molar-refractivity contribution in [3.63, 3.8) is 0 Å². The number of carbonyl (C=O) groups excluding carboxylic acids is 2. The summed E-state index contributed by atoms with van der Waals surface area (Å²) in [5.74, 6) is -1.39. The number of rotatable bonds is 8. The Kier molecular flexibility index (Phi) is 7.35. The van der Waals surface area contributed by atoms with Crippen LogP contribution in [0.5, 0.6) is 0 Å². The molecule has 118 valence electrons. The van der Waals surface area contributed by atoms with Crippen LogP contribution in [0.2, 0.25) is 0 Å². The molecule has 2 unspecified atom stereocenters. The largest absolute Gasteiger partial charge is 0.380 e. The highest BCUT2D eigenvalue weighted by Crippen LogP contribution is 2.08. The fraction of sp³-hybridized carbons (Fsp3) is 0.571. The second kappa shape index (κ2) is 8.76. The molecule has 3 N–H and O–H groups in total. The van der Waals surface area contributed by atoms with Crippen LogP contribution in [0.25, 0.3) is 0 Å². The first-order chi connectivity index (χ1) is 9.97. The molecule has 0 spiro atoms. The van der Waals surface area contributed by atoms with Crippen LogP contribution in [0.15, 0.2) is 17.5 Å². The molecule has 0 aliphatic rings. The molecule has 1 aromatic rings. The molecule has 0 aliphatic heterocycles. The first kappa shape index (κ1) is 17.6. The third-order valence-corrected chi connectivity index (χ3v) is 3.94. The van der Waals surface area contributed by atoms with Crippen LogP contribution in [-0.2, 0) is 16.0 Å². The highest BCUT2D eigenvalue weighted by molar-refractivity contribution is 7.09. The topological polar surface area (TPSA) is 89.9 Å². The van der Waals surface area contributed by atoms with E-state index in [0.29, 0.717) is 19.5 Å². The van der Waals surface area contributed by atoms with Gasteiger partial charge < -0.3 is 20.4 Å². The molecular formula is C14H22N2O4S. The highest BCUT2D eigenvalue weighted by atomic mass is 32.1. The van der Waals surface area contributed by atoms with E-state index >= 15 is 0 Å². The average molecular weight is 314 g/mol. The first-order valence-corrected chi connectivity index (χ1v) is 7.76. The van der Waals surface area contributed by atoms with E-state index in [9.17, 15) is 19.8 Å². The van der Waals surface area contributed by atoms with Gasteiger partial charge >= 0.3 is 0 Å². The summed E-state index contributed by atoms with van der Waals surface area (Å²) in [6.07, 6.45) is -2.10. The molecule has 1 aromatic heterocycles. The van der Waals surface area contributed by atoms with Crippen molar-refractivity contribution >= 4 is 23.2 Å². The minimum absolute atomic E-state index is 0.349. The zero-order valence-electron chi connectivity index (χ0n) is 12.3. The molecule has 1 heterocycles. The van der Waals surface area contributed by atoms with Crippen molar-refractivity contribution in [1.82, 2.24) is 10.2 Å². The van der Waals surface area contributed by atoms with Gasteiger partial charge in [-0.1, -0.05) is 13.0 Å². The Morgan fingerprint density at radius 2 is 2.10 bits per heavy atom. The van der Waals surface area contributed by atoms with Crippen molar-refractivity contribution in [2.75, 3.05) is 20.1 Å². The lowest BCUT2D eigenvalue weighted by Crippen LogP contribution is -2.50. The lowest BCUT2D eigenvalue weighted by Gasteiger charge is -2.22. The Balaban J connectivity index is 2.39. The standard InChI is InChI=1S/C14H22N2O4S/c1-3-8-16(2)14(20)12(18)11(17)13(19)15-7-6-10-5-4-9-21-10/h4-5,9,11-12,17-18H,3,6-8H2,1-2H3,(H,15,19). The van der Waals surface area contributed by atoms with E-state index in [-0.39, 0.29) is 0 Å². The van der Waals surface area contributed by atoms with Gasteiger partial charge in [-0.2, -0.15) is 0 Å². The van der Waals surface area contributed by atoms with Crippen molar-refractivity contribution in [1.29, 1.82) is 0 Å². The van der Waals surface area contributed by atoms with Crippen LogP contribution in [0, 0.1) is 0 Å². The summed E-state index contributed by atoms with van der Waals surface area (Å²) in [7, 11) is 1.52.